The third-order valence-electron chi connectivity index (χ3n) is 7.73. The lowest BCUT2D eigenvalue weighted by molar-refractivity contribution is -0.393. The van der Waals surface area contributed by atoms with Gasteiger partial charge in [0.05, 0.1) is 15.9 Å². The molecule has 6 fully saturated rings. The highest BCUT2D eigenvalue weighted by atomic mass is 127. The minimum absolute atomic E-state index is 0.220. The van der Waals surface area contributed by atoms with E-state index >= 15 is 0 Å². The van der Waals surface area contributed by atoms with Gasteiger partial charge in [-0.05, 0) is 48.0 Å². The van der Waals surface area contributed by atoms with Crippen LogP contribution >= 0.6 is 22.6 Å². The highest BCUT2D eigenvalue weighted by Crippen LogP contribution is 2.82. The van der Waals surface area contributed by atoms with E-state index in [-0.39, 0.29) is 17.1 Å². The van der Waals surface area contributed by atoms with Gasteiger partial charge in [0.25, 0.3) is 5.69 Å². The van der Waals surface area contributed by atoms with Crippen molar-refractivity contribution in [2.24, 2.45) is 52.4 Å². The fourth-order valence-electron chi connectivity index (χ4n) is 7.38. The second kappa shape index (κ2) is 4.73. The molecular weight excluding hydrogens is 451 g/mol. The van der Waals surface area contributed by atoms with Gasteiger partial charge in [-0.25, -0.2) is 0 Å². The number of benzene rings is 1. The Hall–Kier alpha value is -1.78. The molecule has 1 aromatic rings. The van der Waals surface area contributed by atoms with Crippen molar-refractivity contribution < 1.29 is 9.85 Å². The van der Waals surface area contributed by atoms with E-state index in [0.717, 1.165) is 45.5 Å². The Kier molecular flexibility index (Phi) is 2.78. The van der Waals surface area contributed by atoms with E-state index in [4.69, 9.17) is 0 Å². The van der Waals surface area contributed by atoms with Crippen molar-refractivity contribution in [3.05, 3.63) is 38.4 Å². The van der Waals surface area contributed by atoms with Crippen molar-refractivity contribution in [3.63, 3.8) is 0 Å². The Morgan fingerprint density at radius 2 is 1.81 bits per heavy atom. The van der Waals surface area contributed by atoms with E-state index in [0.29, 0.717) is 11.8 Å². The zero-order chi connectivity index (χ0) is 17.9. The van der Waals surface area contributed by atoms with Gasteiger partial charge in [0.2, 0.25) is 0 Å². The maximum absolute atomic E-state index is 11.3. The highest BCUT2D eigenvalue weighted by Gasteiger charge is 2.82. The van der Waals surface area contributed by atoms with Crippen molar-refractivity contribution in [1.29, 1.82) is 0 Å². The first-order chi connectivity index (χ1) is 12.5. The van der Waals surface area contributed by atoms with Gasteiger partial charge in [0.15, 0.2) is 0 Å². The predicted octanol–water partition coefficient (Wildman–Crippen LogP) is 3.46. The van der Waals surface area contributed by atoms with Crippen LogP contribution in [0.5, 0.6) is 0 Å². The maximum atomic E-state index is 11.3. The zero-order valence-corrected chi connectivity index (χ0v) is 15.6. The molecule has 134 valence electrons. The summed E-state index contributed by atoms with van der Waals surface area (Å²) in [6.07, 6.45) is 1.34. The van der Waals surface area contributed by atoms with E-state index in [1.807, 2.05) is 0 Å². The molecule has 6 saturated carbocycles. The van der Waals surface area contributed by atoms with E-state index in [1.54, 1.807) is 0 Å². The van der Waals surface area contributed by atoms with Crippen molar-refractivity contribution in [2.45, 2.75) is 10.3 Å². The molecule has 9 heteroatoms. The standard InChI is InChI=1S/C17H15IN4O4/c18-16-12-6-4-7-10(12)15-14(16)11(6)13(7)17(15)20-19-8-2-1-5(21(23)24)3-9(8)22(25)26/h1-3,6-7,10-16,19H,4H2/b20-17-/t6-,7+,10+,11+,12-,13-,14-,15+,16+/m1/s1. The number of alkyl halides is 1. The summed E-state index contributed by atoms with van der Waals surface area (Å²) in [5.41, 5.74) is 3.72. The van der Waals surface area contributed by atoms with Gasteiger partial charge in [0.1, 0.15) is 5.69 Å². The molecule has 6 aliphatic rings. The van der Waals surface area contributed by atoms with Gasteiger partial charge in [-0.15, -0.1) is 0 Å². The van der Waals surface area contributed by atoms with Crippen LogP contribution in [0.25, 0.3) is 0 Å². The van der Waals surface area contributed by atoms with Crippen LogP contribution in [-0.4, -0.2) is 19.5 Å². The molecule has 0 spiro atoms. The number of hydrazone groups is 1. The van der Waals surface area contributed by atoms with Gasteiger partial charge in [-0.1, -0.05) is 22.6 Å². The van der Waals surface area contributed by atoms with E-state index in [9.17, 15) is 20.2 Å². The summed E-state index contributed by atoms with van der Waals surface area (Å²) in [5, 5.41) is 26.8. The molecule has 1 aromatic carbocycles. The number of nitro groups is 2. The summed E-state index contributed by atoms with van der Waals surface area (Å²) in [4.78, 5) is 20.9. The van der Waals surface area contributed by atoms with Crippen molar-refractivity contribution >= 4 is 45.4 Å². The van der Waals surface area contributed by atoms with Gasteiger partial charge < -0.3 is 0 Å². The molecule has 0 saturated heterocycles. The number of anilines is 1. The number of non-ortho nitro benzene ring substituents is 1. The van der Waals surface area contributed by atoms with Crippen LogP contribution < -0.4 is 5.43 Å². The molecule has 1 N–H and O–H groups in total. The van der Waals surface area contributed by atoms with E-state index in [1.165, 1.54) is 24.3 Å². The Morgan fingerprint density at radius 3 is 2.50 bits per heavy atom. The third kappa shape index (κ3) is 1.55. The molecule has 0 amide bonds. The van der Waals surface area contributed by atoms with Gasteiger partial charge >= 0.3 is 5.69 Å². The Bertz CT molecular complexity index is 918. The van der Waals surface area contributed by atoms with Crippen LogP contribution in [0.15, 0.2) is 23.3 Å². The van der Waals surface area contributed by atoms with E-state index < -0.39 is 9.85 Å². The lowest BCUT2D eigenvalue weighted by Crippen LogP contribution is -2.30. The molecule has 0 aliphatic heterocycles. The Morgan fingerprint density at radius 1 is 1.04 bits per heavy atom. The first-order valence-corrected chi connectivity index (χ1v) is 10.1. The second-order valence-corrected chi connectivity index (χ2v) is 9.67. The number of hydrogen-bond donors (Lipinski definition) is 1. The summed E-state index contributed by atoms with van der Waals surface area (Å²) in [5.74, 6) is 5.89. The lowest BCUT2D eigenvalue weighted by atomic mass is 9.71. The van der Waals surface area contributed by atoms with Crippen LogP contribution in [-0.2, 0) is 0 Å². The quantitative estimate of drug-likeness (QED) is 0.316. The molecule has 8 nitrogen and oxygen atoms in total. The van der Waals surface area contributed by atoms with Crippen molar-refractivity contribution in [3.8, 4) is 0 Å². The zero-order valence-electron chi connectivity index (χ0n) is 13.5. The van der Waals surface area contributed by atoms with Gasteiger partial charge in [0, 0.05) is 27.5 Å². The average molecular weight is 466 g/mol. The number of rotatable bonds is 4. The van der Waals surface area contributed by atoms with Crippen LogP contribution in [0.4, 0.5) is 17.1 Å². The SMILES string of the molecule is O=[N+]([O-])c1ccc(N/N=C2/[C@@H]3[C@H]4C[C@H]5[C@H]6[C@H](I)[C@@H]([C@@H]2[C@@H]46)[C@@H]53)c([N+](=O)[O-])c1. The second-order valence-electron chi connectivity index (χ2n) is 8.23. The first-order valence-electron chi connectivity index (χ1n) is 8.89. The predicted molar refractivity (Wildman–Crippen MR) is 101 cm³/mol. The number of nitrogens with zero attached hydrogens (tertiary/aromatic N) is 3. The summed E-state index contributed by atoms with van der Waals surface area (Å²) >= 11 is 2.65. The Labute approximate surface area is 161 Å². The van der Waals surface area contributed by atoms with Crippen molar-refractivity contribution in [2.75, 3.05) is 5.43 Å². The molecular formula is C17H15IN4O4. The summed E-state index contributed by atoms with van der Waals surface area (Å²) in [6.45, 7) is 0. The Balaban J connectivity index is 1.35. The molecule has 0 heterocycles. The fraction of sp³-hybridized carbons (Fsp3) is 0.588. The normalized spacial score (nSPS) is 46.8. The van der Waals surface area contributed by atoms with Gasteiger partial charge in [-0.2, -0.15) is 5.10 Å². The van der Waals surface area contributed by atoms with Crippen LogP contribution in [0.1, 0.15) is 6.42 Å². The molecule has 0 aromatic heterocycles. The number of nitrogens with one attached hydrogen (secondary N) is 1. The topological polar surface area (TPSA) is 111 Å². The van der Waals surface area contributed by atoms with E-state index in [2.05, 4.69) is 33.1 Å². The van der Waals surface area contributed by atoms with Gasteiger partial charge in [-0.3, -0.25) is 25.7 Å². The van der Waals surface area contributed by atoms with Crippen molar-refractivity contribution in [1.82, 2.24) is 0 Å². The molecule has 0 unspecified atom stereocenters. The van der Waals surface area contributed by atoms with Crippen LogP contribution in [0.3, 0.4) is 0 Å². The highest BCUT2D eigenvalue weighted by molar-refractivity contribution is 14.1. The third-order valence-corrected chi connectivity index (χ3v) is 9.40. The average Bonchev–Trinajstić information content (AvgIpc) is 3.35. The minimum Gasteiger partial charge on any atom is -0.272 e. The number of halogens is 1. The molecule has 26 heavy (non-hydrogen) atoms. The maximum Gasteiger partial charge on any atom is 0.301 e. The smallest absolute Gasteiger partial charge is 0.272 e. The monoisotopic (exact) mass is 466 g/mol. The molecule has 0 radical (unpaired) electrons. The number of nitro benzene ring substituents is 2. The molecule has 6 bridgehead atoms. The fourth-order valence-corrected chi connectivity index (χ4v) is 9.32. The summed E-state index contributed by atoms with van der Waals surface area (Å²) < 4.78 is 0.758. The minimum atomic E-state index is -0.626. The largest absolute Gasteiger partial charge is 0.301 e. The first kappa shape index (κ1) is 15.3. The summed E-state index contributed by atoms with van der Waals surface area (Å²) in [7, 11) is 0. The van der Waals surface area contributed by atoms with Crippen LogP contribution in [0, 0.1) is 67.6 Å². The lowest BCUT2D eigenvalue weighted by Gasteiger charge is -2.32. The number of hydrogen-bond acceptors (Lipinski definition) is 6. The molecule has 6 aliphatic carbocycles. The summed E-state index contributed by atoms with van der Waals surface area (Å²) in [6, 6.07) is 3.65. The molecule has 9 atom stereocenters. The molecule has 7 rings (SSSR count). The van der Waals surface area contributed by atoms with Crippen LogP contribution in [0.2, 0.25) is 0 Å².